The third-order valence-corrected chi connectivity index (χ3v) is 6.48. The van der Waals surface area contributed by atoms with Crippen LogP contribution in [0.1, 0.15) is 6.42 Å². The van der Waals surface area contributed by atoms with Crippen molar-refractivity contribution in [1.29, 1.82) is 0 Å². The Hall–Kier alpha value is -0.600. The Kier molecular flexibility index (Phi) is 8.99. The van der Waals surface area contributed by atoms with E-state index in [1.165, 1.54) is 0 Å². The Labute approximate surface area is 189 Å². The first kappa shape index (κ1) is 27.0. The highest BCUT2D eigenvalue weighted by atomic mass is 16.7. The zero-order valence-electron chi connectivity index (χ0n) is 17.9. The maximum absolute atomic E-state index is 10.9. The van der Waals surface area contributed by atoms with Gasteiger partial charge in [0.15, 0.2) is 12.6 Å². The van der Waals surface area contributed by atoms with Crippen LogP contribution >= 0.6 is 0 Å². The van der Waals surface area contributed by atoms with Gasteiger partial charge in [0.1, 0.15) is 61.0 Å². The highest BCUT2D eigenvalue weighted by Crippen LogP contribution is 2.31. The van der Waals surface area contributed by atoms with E-state index >= 15 is 0 Å². The molecule has 3 fully saturated rings. The van der Waals surface area contributed by atoms with Gasteiger partial charge in [-0.25, -0.2) is 0 Å². The number of rotatable bonds is 6. The summed E-state index contributed by atoms with van der Waals surface area (Å²) in [6.45, 7) is -0.763. The van der Waals surface area contributed by atoms with Crippen LogP contribution in [0, 0.1) is 0 Å². The second-order valence-electron chi connectivity index (χ2n) is 8.79. The van der Waals surface area contributed by atoms with Gasteiger partial charge in [-0.2, -0.15) is 0 Å². The molecule has 0 aromatic rings. The van der Waals surface area contributed by atoms with Crippen molar-refractivity contribution in [2.75, 3.05) is 13.2 Å². The molecule has 1 aliphatic carbocycles. The van der Waals surface area contributed by atoms with Gasteiger partial charge in [-0.05, 0) is 6.42 Å². The van der Waals surface area contributed by atoms with E-state index in [4.69, 9.17) is 41.9 Å². The van der Waals surface area contributed by atoms with Crippen molar-refractivity contribution in [3.8, 4) is 0 Å². The Balaban J connectivity index is 1.72. The number of hydrogen-bond donors (Lipinski definition) is 11. The van der Waals surface area contributed by atoms with Crippen molar-refractivity contribution in [3.63, 3.8) is 0 Å². The molecule has 33 heavy (non-hydrogen) atoms. The quantitative estimate of drug-likeness (QED) is 0.167. The lowest BCUT2D eigenvalue weighted by atomic mass is 9.84. The predicted molar refractivity (Wildman–Crippen MR) is 108 cm³/mol. The number of aliphatic hydroxyl groups is 7. The van der Waals surface area contributed by atoms with E-state index in [-0.39, 0.29) is 13.0 Å². The maximum Gasteiger partial charge on any atom is 0.187 e. The Morgan fingerprint density at radius 1 is 0.667 bits per heavy atom. The van der Waals surface area contributed by atoms with Crippen LogP contribution in [0.2, 0.25) is 0 Å². The molecule has 15 atom stereocenters. The first-order valence-electron chi connectivity index (χ1n) is 10.8. The molecule has 15 heteroatoms. The van der Waals surface area contributed by atoms with Gasteiger partial charge in [0.2, 0.25) is 0 Å². The van der Waals surface area contributed by atoms with Gasteiger partial charge in [-0.15, -0.1) is 0 Å². The van der Waals surface area contributed by atoms with Gasteiger partial charge >= 0.3 is 0 Å². The summed E-state index contributed by atoms with van der Waals surface area (Å²) in [5.41, 5.74) is 23.5. The summed E-state index contributed by atoms with van der Waals surface area (Å²) in [6, 6.07) is -2.86. The highest BCUT2D eigenvalue weighted by Gasteiger charge is 2.51. The number of hydrogen-bond acceptors (Lipinski definition) is 15. The maximum atomic E-state index is 10.9. The topological polar surface area (TPSA) is 283 Å². The van der Waals surface area contributed by atoms with E-state index in [0.717, 1.165) is 0 Å². The summed E-state index contributed by atoms with van der Waals surface area (Å²) in [5.74, 6) is 0. The predicted octanol–water partition coefficient (Wildman–Crippen LogP) is -7.29. The van der Waals surface area contributed by atoms with Gasteiger partial charge in [0, 0.05) is 18.6 Å². The summed E-state index contributed by atoms with van der Waals surface area (Å²) in [4.78, 5) is 0. The second kappa shape index (κ2) is 11.0. The summed E-state index contributed by atoms with van der Waals surface area (Å²) >= 11 is 0. The molecule has 0 amide bonds. The third-order valence-electron chi connectivity index (χ3n) is 6.48. The number of nitrogens with two attached hydrogens (primary N) is 4. The smallest absolute Gasteiger partial charge is 0.187 e. The van der Waals surface area contributed by atoms with Crippen LogP contribution in [-0.2, 0) is 18.9 Å². The van der Waals surface area contributed by atoms with Crippen LogP contribution in [0.5, 0.6) is 0 Å². The molecule has 2 saturated heterocycles. The van der Waals surface area contributed by atoms with E-state index in [1.807, 2.05) is 0 Å². The first-order valence-corrected chi connectivity index (χ1v) is 10.8. The molecule has 0 unspecified atom stereocenters. The third kappa shape index (κ3) is 5.32. The summed E-state index contributed by atoms with van der Waals surface area (Å²) in [5, 5.41) is 70.9. The van der Waals surface area contributed by atoms with Crippen molar-refractivity contribution < 1.29 is 54.7 Å². The van der Waals surface area contributed by atoms with Crippen molar-refractivity contribution in [1.82, 2.24) is 0 Å². The monoisotopic (exact) mass is 484 g/mol. The number of ether oxygens (including phenoxy) is 4. The minimum atomic E-state index is -1.66. The first-order chi connectivity index (χ1) is 15.5. The minimum absolute atomic E-state index is 0.0849. The fourth-order valence-electron chi connectivity index (χ4n) is 4.40. The van der Waals surface area contributed by atoms with Gasteiger partial charge in [0.25, 0.3) is 0 Å². The van der Waals surface area contributed by atoms with E-state index in [0.29, 0.717) is 0 Å². The molecule has 3 aliphatic rings. The molecule has 15 nitrogen and oxygen atoms in total. The van der Waals surface area contributed by atoms with Crippen LogP contribution in [0.3, 0.4) is 0 Å². The Morgan fingerprint density at radius 3 is 1.70 bits per heavy atom. The lowest BCUT2D eigenvalue weighted by Crippen LogP contribution is -2.68. The molecule has 0 radical (unpaired) electrons. The average Bonchev–Trinajstić information content (AvgIpc) is 2.79. The summed E-state index contributed by atoms with van der Waals surface area (Å²) < 4.78 is 22.2. The number of aliphatic hydroxyl groups excluding tert-OH is 7. The van der Waals surface area contributed by atoms with Crippen LogP contribution in [-0.4, -0.2) is 141 Å². The molecule has 1 saturated carbocycles. The molecule has 0 spiro atoms. The Bertz CT molecular complexity index is 584. The molecule has 3 rings (SSSR count). The largest absolute Gasteiger partial charge is 0.394 e. The van der Waals surface area contributed by atoms with E-state index in [9.17, 15) is 35.7 Å². The average molecular weight is 485 g/mol. The van der Waals surface area contributed by atoms with Gasteiger partial charge < -0.3 is 77.6 Å². The summed E-state index contributed by atoms with van der Waals surface area (Å²) in [6.07, 6.45) is -16.5. The Morgan fingerprint density at radius 2 is 1.18 bits per heavy atom. The van der Waals surface area contributed by atoms with E-state index in [1.54, 1.807) is 0 Å². The molecule has 15 N–H and O–H groups in total. The molecule has 0 bridgehead atoms. The van der Waals surface area contributed by atoms with Crippen LogP contribution in [0.25, 0.3) is 0 Å². The van der Waals surface area contributed by atoms with Gasteiger partial charge in [-0.1, -0.05) is 0 Å². The van der Waals surface area contributed by atoms with Crippen molar-refractivity contribution in [3.05, 3.63) is 0 Å². The minimum Gasteiger partial charge on any atom is -0.394 e. The fraction of sp³-hybridized carbons (Fsp3) is 1.00. The second-order valence-corrected chi connectivity index (χ2v) is 8.79. The fourth-order valence-corrected chi connectivity index (χ4v) is 4.40. The molecule has 0 aromatic heterocycles. The van der Waals surface area contributed by atoms with Crippen LogP contribution in [0.15, 0.2) is 0 Å². The van der Waals surface area contributed by atoms with Crippen molar-refractivity contribution in [2.24, 2.45) is 22.9 Å². The molecule has 194 valence electrons. The van der Waals surface area contributed by atoms with Gasteiger partial charge in [-0.3, -0.25) is 0 Å². The molecular weight excluding hydrogens is 448 g/mol. The van der Waals surface area contributed by atoms with E-state index in [2.05, 4.69) is 0 Å². The zero-order chi connectivity index (χ0) is 24.6. The van der Waals surface area contributed by atoms with Crippen molar-refractivity contribution in [2.45, 2.75) is 98.2 Å². The normalized spacial score (nSPS) is 53.7. The van der Waals surface area contributed by atoms with Gasteiger partial charge in [0.05, 0.1) is 12.6 Å². The lowest BCUT2D eigenvalue weighted by Gasteiger charge is -2.48. The highest BCUT2D eigenvalue weighted by molar-refractivity contribution is 5.01. The van der Waals surface area contributed by atoms with Crippen molar-refractivity contribution >= 4 is 0 Å². The molecule has 2 heterocycles. The SMILES string of the molecule is NC[C@@H]1O[C@H](O[C@H]2[C@@H](O)[C@@H](O[C@H]3O[C@@H](CO)[C@@H](O)[C@@H](N)[C@H]3O)[C@@H](N)C[C@H]2N)[C@H](O)[C@H](O)[C@@H]1O. The molecular formula is C18H36N4O11. The molecule has 2 aliphatic heterocycles. The van der Waals surface area contributed by atoms with E-state index < -0.39 is 98.4 Å². The van der Waals surface area contributed by atoms with Crippen LogP contribution in [0.4, 0.5) is 0 Å². The summed E-state index contributed by atoms with van der Waals surface area (Å²) in [7, 11) is 0. The molecule has 0 aromatic carbocycles. The van der Waals surface area contributed by atoms with Crippen LogP contribution < -0.4 is 22.9 Å². The standard InChI is InChI=1S/C18H36N4O11/c19-2-6-10(25)12(27)13(28)18(30-6)33-16-5(21)1-4(20)15(14(16)29)32-17-11(26)8(22)9(24)7(3-23)31-17/h4-18,23-29H,1-3,19-22H2/t4-,5+,6-,7-,8+,9+,10+,11+,12+,13+,14-,15-,16+,17+,18+/m0/s1. The lowest BCUT2D eigenvalue weighted by molar-refractivity contribution is -0.332. The zero-order valence-corrected chi connectivity index (χ0v) is 17.9.